The summed E-state index contributed by atoms with van der Waals surface area (Å²) in [5.74, 6) is 0.636. The van der Waals surface area contributed by atoms with Gasteiger partial charge in [-0.3, -0.25) is 4.79 Å². The molecular weight excluding hydrogens is 423 g/mol. The van der Waals surface area contributed by atoms with Crippen LogP contribution in [0.4, 0.5) is 4.79 Å². The molecule has 1 aliphatic heterocycles. The third-order valence-corrected chi connectivity index (χ3v) is 4.36. The first-order valence-electron chi connectivity index (χ1n) is 7.89. The first kappa shape index (κ1) is 18.8. The minimum Gasteiger partial charge on any atom is -0.483 e. The number of carbonyl (C=O) groups is 2. The number of hydrogen-bond donors (Lipinski definition) is 0. The van der Waals surface area contributed by atoms with Crippen LogP contribution in [0.5, 0.6) is 5.75 Å². The monoisotopic (exact) mass is 446 g/mol. The molecule has 1 heterocycles. The van der Waals surface area contributed by atoms with Gasteiger partial charge < -0.3 is 19.3 Å². The number of hydrogen-bond acceptors (Lipinski definition) is 4. The molecule has 1 aliphatic rings. The maximum Gasteiger partial charge on any atom is 0.410 e. The lowest BCUT2D eigenvalue weighted by Gasteiger charge is -2.35. The number of nitrogens with zero attached hydrogens (tertiary/aromatic N) is 2. The van der Waals surface area contributed by atoms with Crippen molar-refractivity contribution in [3.8, 4) is 5.75 Å². The second-order valence-electron chi connectivity index (χ2n) is 6.57. The lowest BCUT2D eigenvalue weighted by molar-refractivity contribution is -0.135. The van der Waals surface area contributed by atoms with E-state index in [4.69, 9.17) is 9.47 Å². The number of carbonyl (C=O) groups excluding carboxylic acids is 2. The second-order valence-corrected chi connectivity index (χ2v) is 7.73. The zero-order valence-electron chi connectivity index (χ0n) is 14.3. The Hall–Kier alpha value is -1.51. The molecular formula is C17H23IN2O4. The van der Waals surface area contributed by atoms with Crippen molar-refractivity contribution < 1.29 is 19.1 Å². The minimum absolute atomic E-state index is 0.00640. The quantitative estimate of drug-likeness (QED) is 0.671. The van der Waals surface area contributed by atoms with Crippen molar-refractivity contribution in [2.75, 3.05) is 32.8 Å². The van der Waals surface area contributed by atoms with Crippen molar-refractivity contribution >= 4 is 34.6 Å². The molecule has 0 bridgehead atoms. The molecule has 2 rings (SSSR count). The van der Waals surface area contributed by atoms with Crippen LogP contribution in [0.2, 0.25) is 0 Å². The Morgan fingerprint density at radius 2 is 1.67 bits per heavy atom. The van der Waals surface area contributed by atoms with E-state index in [9.17, 15) is 9.59 Å². The van der Waals surface area contributed by atoms with Crippen LogP contribution in [0.25, 0.3) is 0 Å². The molecule has 1 aromatic rings. The summed E-state index contributed by atoms with van der Waals surface area (Å²) in [4.78, 5) is 27.6. The number of para-hydroxylation sites is 1. The molecule has 24 heavy (non-hydrogen) atoms. The molecule has 1 aromatic carbocycles. The number of benzene rings is 1. The van der Waals surface area contributed by atoms with Gasteiger partial charge in [-0.2, -0.15) is 0 Å². The Bertz CT molecular complexity index is 592. The highest BCUT2D eigenvalue weighted by atomic mass is 127. The molecule has 0 saturated carbocycles. The first-order valence-corrected chi connectivity index (χ1v) is 8.97. The van der Waals surface area contributed by atoms with E-state index in [0.717, 1.165) is 3.57 Å². The molecule has 1 fully saturated rings. The van der Waals surface area contributed by atoms with E-state index in [0.29, 0.717) is 31.9 Å². The number of halogens is 1. The first-order chi connectivity index (χ1) is 11.3. The third kappa shape index (κ3) is 5.54. The largest absolute Gasteiger partial charge is 0.483 e. The lowest BCUT2D eigenvalue weighted by Crippen LogP contribution is -2.52. The molecule has 0 aliphatic carbocycles. The van der Waals surface area contributed by atoms with Crippen LogP contribution in [-0.4, -0.2) is 60.2 Å². The predicted molar refractivity (Wildman–Crippen MR) is 99.0 cm³/mol. The molecule has 2 amide bonds. The number of rotatable bonds is 3. The summed E-state index contributed by atoms with van der Waals surface area (Å²) in [5.41, 5.74) is -0.509. The second kappa shape index (κ2) is 8.04. The summed E-state index contributed by atoms with van der Waals surface area (Å²) in [6.45, 7) is 7.47. The van der Waals surface area contributed by atoms with Crippen molar-refractivity contribution in [3.05, 3.63) is 27.8 Å². The molecule has 0 spiro atoms. The van der Waals surface area contributed by atoms with Crippen LogP contribution >= 0.6 is 22.6 Å². The average Bonchev–Trinajstić information content (AvgIpc) is 2.52. The number of ether oxygens (including phenoxy) is 2. The average molecular weight is 446 g/mol. The molecule has 7 heteroatoms. The molecule has 6 nitrogen and oxygen atoms in total. The summed E-state index contributed by atoms with van der Waals surface area (Å²) < 4.78 is 11.9. The van der Waals surface area contributed by atoms with E-state index in [1.807, 2.05) is 45.0 Å². The van der Waals surface area contributed by atoms with Gasteiger partial charge in [-0.05, 0) is 55.5 Å². The standard InChI is InChI=1S/C17H23IN2O4/c1-17(2,3)24-16(22)20-10-8-19(9-11-20)15(21)12-23-14-7-5-4-6-13(14)18/h4-7H,8-12H2,1-3H3. The van der Waals surface area contributed by atoms with Gasteiger partial charge in [-0.15, -0.1) is 0 Å². The third-order valence-electron chi connectivity index (χ3n) is 3.47. The zero-order valence-corrected chi connectivity index (χ0v) is 16.4. The van der Waals surface area contributed by atoms with E-state index in [1.165, 1.54) is 0 Å². The smallest absolute Gasteiger partial charge is 0.410 e. The van der Waals surface area contributed by atoms with Gasteiger partial charge in [-0.25, -0.2) is 4.79 Å². The lowest BCUT2D eigenvalue weighted by atomic mass is 10.2. The van der Waals surface area contributed by atoms with E-state index >= 15 is 0 Å². The van der Waals surface area contributed by atoms with E-state index < -0.39 is 5.60 Å². The predicted octanol–water partition coefficient (Wildman–Crippen LogP) is 2.75. The summed E-state index contributed by atoms with van der Waals surface area (Å²) in [6, 6.07) is 7.57. The van der Waals surface area contributed by atoms with Gasteiger partial charge in [0.25, 0.3) is 5.91 Å². The van der Waals surface area contributed by atoms with Gasteiger partial charge in [0, 0.05) is 26.2 Å². The van der Waals surface area contributed by atoms with Crippen molar-refractivity contribution in [2.45, 2.75) is 26.4 Å². The normalized spacial score (nSPS) is 15.2. The summed E-state index contributed by atoms with van der Waals surface area (Å²) in [7, 11) is 0. The van der Waals surface area contributed by atoms with Crippen LogP contribution in [-0.2, 0) is 9.53 Å². The topological polar surface area (TPSA) is 59.1 Å². The Kier molecular flexibility index (Phi) is 6.31. The van der Waals surface area contributed by atoms with Crippen molar-refractivity contribution in [1.82, 2.24) is 9.80 Å². The summed E-state index contributed by atoms with van der Waals surface area (Å²) in [6.07, 6.45) is -0.329. The fraction of sp³-hybridized carbons (Fsp3) is 0.529. The Balaban J connectivity index is 1.78. The molecule has 132 valence electrons. The number of piperazine rings is 1. The summed E-state index contributed by atoms with van der Waals surface area (Å²) >= 11 is 2.17. The van der Waals surface area contributed by atoms with Crippen LogP contribution in [0.1, 0.15) is 20.8 Å². The van der Waals surface area contributed by atoms with E-state index in [-0.39, 0.29) is 18.6 Å². The molecule has 0 atom stereocenters. The molecule has 0 aromatic heterocycles. The van der Waals surface area contributed by atoms with Gasteiger partial charge >= 0.3 is 6.09 Å². The Morgan fingerprint density at radius 3 is 2.25 bits per heavy atom. The van der Waals surface area contributed by atoms with Crippen molar-refractivity contribution in [3.63, 3.8) is 0 Å². The van der Waals surface area contributed by atoms with Crippen LogP contribution in [0.3, 0.4) is 0 Å². The number of amides is 2. The van der Waals surface area contributed by atoms with Gasteiger partial charge in [0.1, 0.15) is 11.4 Å². The highest BCUT2D eigenvalue weighted by Crippen LogP contribution is 2.19. The molecule has 1 saturated heterocycles. The molecule has 0 N–H and O–H groups in total. The van der Waals surface area contributed by atoms with Gasteiger partial charge in [0.2, 0.25) is 0 Å². The maximum atomic E-state index is 12.3. The highest BCUT2D eigenvalue weighted by Gasteiger charge is 2.27. The highest BCUT2D eigenvalue weighted by molar-refractivity contribution is 14.1. The van der Waals surface area contributed by atoms with Gasteiger partial charge in [-0.1, -0.05) is 12.1 Å². The summed E-state index contributed by atoms with van der Waals surface area (Å²) in [5, 5.41) is 0. The minimum atomic E-state index is -0.509. The fourth-order valence-corrected chi connectivity index (χ4v) is 2.80. The van der Waals surface area contributed by atoms with Crippen LogP contribution < -0.4 is 4.74 Å². The maximum absolute atomic E-state index is 12.3. The van der Waals surface area contributed by atoms with Gasteiger partial charge in [0.15, 0.2) is 6.61 Å². The van der Waals surface area contributed by atoms with Crippen molar-refractivity contribution in [2.24, 2.45) is 0 Å². The fourth-order valence-electron chi connectivity index (χ4n) is 2.26. The van der Waals surface area contributed by atoms with E-state index in [1.54, 1.807) is 9.80 Å². The Labute approximate surface area is 156 Å². The van der Waals surface area contributed by atoms with Gasteiger partial charge in [0.05, 0.1) is 3.57 Å². The Morgan fingerprint density at radius 1 is 1.08 bits per heavy atom. The molecule has 0 unspecified atom stereocenters. The molecule has 0 radical (unpaired) electrons. The van der Waals surface area contributed by atoms with E-state index in [2.05, 4.69) is 22.6 Å². The van der Waals surface area contributed by atoms with Crippen LogP contribution in [0.15, 0.2) is 24.3 Å². The van der Waals surface area contributed by atoms with Crippen molar-refractivity contribution in [1.29, 1.82) is 0 Å². The SMILES string of the molecule is CC(C)(C)OC(=O)N1CCN(C(=O)COc2ccccc2I)CC1. The van der Waals surface area contributed by atoms with Crippen LogP contribution in [0, 0.1) is 3.57 Å². The zero-order chi connectivity index (χ0) is 17.7.